The molecule has 110 valence electrons. The third kappa shape index (κ3) is 2.88. The van der Waals surface area contributed by atoms with E-state index in [2.05, 4.69) is 5.32 Å². The number of hydrogen-bond acceptors (Lipinski definition) is 5. The van der Waals surface area contributed by atoms with Crippen LogP contribution < -0.4 is 10.1 Å². The molecule has 0 aliphatic heterocycles. The van der Waals surface area contributed by atoms with Crippen molar-refractivity contribution < 1.29 is 18.8 Å². The van der Waals surface area contributed by atoms with Gasteiger partial charge in [-0.15, -0.1) is 0 Å². The molecule has 1 N–H and O–H groups in total. The molecule has 1 aliphatic carbocycles. The van der Waals surface area contributed by atoms with Crippen molar-refractivity contribution in [2.24, 2.45) is 0 Å². The molecule has 20 heavy (non-hydrogen) atoms. The maximum absolute atomic E-state index is 13.2. The molecule has 0 saturated heterocycles. The van der Waals surface area contributed by atoms with E-state index < -0.39 is 10.7 Å². The molecule has 1 aliphatic rings. The summed E-state index contributed by atoms with van der Waals surface area (Å²) >= 11 is 0. The predicted octanol–water partition coefficient (Wildman–Crippen LogP) is 1.88. The average Bonchev–Trinajstić information content (AvgIpc) is 2.40. The lowest BCUT2D eigenvalue weighted by Gasteiger charge is -2.43. The first-order chi connectivity index (χ1) is 9.56. The molecule has 0 radical (unpaired) electrons. The van der Waals surface area contributed by atoms with E-state index in [0.717, 1.165) is 18.2 Å². The van der Waals surface area contributed by atoms with Crippen LogP contribution in [0.25, 0.3) is 0 Å². The first-order valence-corrected chi connectivity index (χ1v) is 6.46. The standard InChI is InChI=1S/C13H17FN2O4/c1-3-19-13-9(15-2)7-12(13)20-11-6-8(14)4-5-10(11)16(17)18/h4-6,9,12-13,15H,3,7H2,1-2H3. The zero-order valence-corrected chi connectivity index (χ0v) is 11.3. The van der Waals surface area contributed by atoms with E-state index in [1.54, 1.807) is 0 Å². The van der Waals surface area contributed by atoms with Crippen molar-refractivity contribution in [3.05, 3.63) is 34.1 Å². The van der Waals surface area contributed by atoms with Crippen molar-refractivity contribution in [2.45, 2.75) is 31.6 Å². The predicted molar refractivity (Wildman–Crippen MR) is 70.3 cm³/mol. The van der Waals surface area contributed by atoms with E-state index >= 15 is 0 Å². The SMILES string of the molecule is CCOC1C(NC)CC1Oc1cc(F)ccc1[N+](=O)[O-]. The molecule has 1 aromatic rings. The summed E-state index contributed by atoms with van der Waals surface area (Å²) in [4.78, 5) is 10.3. The zero-order valence-electron chi connectivity index (χ0n) is 11.3. The molecule has 1 saturated carbocycles. The van der Waals surface area contributed by atoms with Gasteiger partial charge in [0, 0.05) is 31.2 Å². The van der Waals surface area contributed by atoms with Gasteiger partial charge in [-0.05, 0) is 20.0 Å². The summed E-state index contributed by atoms with van der Waals surface area (Å²) in [5.41, 5.74) is -0.241. The Kier molecular flexibility index (Phi) is 4.51. The second-order valence-corrected chi connectivity index (χ2v) is 4.58. The highest BCUT2D eigenvalue weighted by molar-refractivity contribution is 5.46. The Morgan fingerprint density at radius 1 is 1.55 bits per heavy atom. The van der Waals surface area contributed by atoms with Crippen LogP contribution in [-0.4, -0.2) is 36.8 Å². The monoisotopic (exact) mass is 284 g/mol. The van der Waals surface area contributed by atoms with E-state index in [-0.39, 0.29) is 29.7 Å². The van der Waals surface area contributed by atoms with Crippen LogP contribution in [0.15, 0.2) is 18.2 Å². The van der Waals surface area contributed by atoms with Crippen LogP contribution >= 0.6 is 0 Å². The number of likely N-dealkylation sites (N-methyl/N-ethyl adjacent to an activating group) is 1. The molecule has 0 bridgehead atoms. The summed E-state index contributed by atoms with van der Waals surface area (Å²) in [5, 5.41) is 14.0. The minimum atomic E-state index is -0.585. The third-order valence-electron chi connectivity index (χ3n) is 3.38. The van der Waals surface area contributed by atoms with Crippen molar-refractivity contribution in [1.29, 1.82) is 0 Å². The number of hydrogen-bond donors (Lipinski definition) is 1. The Morgan fingerprint density at radius 2 is 2.30 bits per heavy atom. The Bertz CT molecular complexity index is 497. The molecule has 0 aromatic heterocycles. The highest BCUT2D eigenvalue weighted by Gasteiger charge is 2.43. The van der Waals surface area contributed by atoms with Crippen LogP contribution in [0.5, 0.6) is 5.75 Å². The topological polar surface area (TPSA) is 73.6 Å². The van der Waals surface area contributed by atoms with E-state index in [9.17, 15) is 14.5 Å². The Hall–Kier alpha value is -1.73. The van der Waals surface area contributed by atoms with Crippen molar-refractivity contribution in [3.63, 3.8) is 0 Å². The third-order valence-corrected chi connectivity index (χ3v) is 3.38. The summed E-state index contributed by atoms with van der Waals surface area (Å²) in [6.07, 6.45) is 0.162. The maximum atomic E-state index is 13.2. The van der Waals surface area contributed by atoms with Crippen LogP contribution in [0.3, 0.4) is 0 Å². The highest BCUT2D eigenvalue weighted by Crippen LogP contribution is 2.34. The van der Waals surface area contributed by atoms with E-state index in [1.807, 2.05) is 14.0 Å². The van der Waals surface area contributed by atoms with Gasteiger partial charge in [-0.1, -0.05) is 0 Å². The summed E-state index contributed by atoms with van der Waals surface area (Å²) in [6.45, 7) is 2.39. The fourth-order valence-corrected chi connectivity index (χ4v) is 2.29. The fraction of sp³-hybridized carbons (Fsp3) is 0.538. The number of nitrogens with one attached hydrogen (secondary N) is 1. The van der Waals surface area contributed by atoms with E-state index in [4.69, 9.17) is 9.47 Å². The zero-order chi connectivity index (χ0) is 14.7. The molecule has 7 heteroatoms. The molecule has 2 rings (SSSR count). The molecule has 0 spiro atoms. The van der Waals surface area contributed by atoms with Gasteiger partial charge in [0.2, 0.25) is 0 Å². The number of benzene rings is 1. The lowest BCUT2D eigenvalue weighted by Crippen LogP contribution is -2.60. The second kappa shape index (κ2) is 6.15. The highest BCUT2D eigenvalue weighted by atomic mass is 19.1. The quantitative estimate of drug-likeness (QED) is 0.637. The van der Waals surface area contributed by atoms with E-state index in [1.165, 1.54) is 0 Å². The van der Waals surface area contributed by atoms with Gasteiger partial charge in [-0.25, -0.2) is 4.39 Å². The number of nitro benzene ring substituents is 1. The molecular formula is C13H17FN2O4. The second-order valence-electron chi connectivity index (χ2n) is 4.58. The first kappa shape index (κ1) is 14.7. The molecule has 1 aromatic carbocycles. The minimum absolute atomic E-state index is 0.0562. The summed E-state index contributed by atoms with van der Waals surface area (Å²) in [6, 6.07) is 3.33. The number of ether oxygens (including phenoxy) is 2. The number of rotatable bonds is 6. The van der Waals surface area contributed by atoms with Crippen LogP contribution in [0.2, 0.25) is 0 Å². The normalized spacial score (nSPS) is 25.1. The molecule has 1 fully saturated rings. The average molecular weight is 284 g/mol. The van der Waals surface area contributed by atoms with Gasteiger partial charge in [0.1, 0.15) is 18.0 Å². The number of nitrogens with zero attached hydrogens (tertiary/aromatic N) is 1. The molecule has 3 unspecified atom stereocenters. The number of halogens is 1. The van der Waals surface area contributed by atoms with Gasteiger partial charge >= 0.3 is 5.69 Å². The summed E-state index contributed by atoms with van der Waals surface area (Å²) in [7, 11) is 1.82. The van der Waals surface area contributed by atoms with Gasteiger partial charge < -0.3 is 14.8 Å². The Morgan fingerprint density at radius 3 is 2.90 bits per heavy atom. The molecule has 6 nitrogen and oxygen atoms in total. The lowest BCUT2D eigenvalue weighted by atomic mass is 9.85. The molecule has 0 amide bonds. The Balaban J connectivity index is 2.14. The van der Waals surface area contributed by atoms with Gasteiger partial charge in [0.15, 0.2) is 5.75 Å². The molecule has 0 heterocycles. The lowest BCUT2D eigenvalue weighted by molar-refractivity contribution is -0.386. The van der Waals surface area contributed by atoms with Crippen LogP contribution in [-0.2, 0) is 4.74 Å². The van der Waals surface area contributed by atoms with Crippen molar-refractivity contribution in [1.82, 2.24) is 5.32 Å². The van der Waals surface area contributed by atoms with Crippen LogP contribution in [0, 0.1) is 15.9 Å². The number of nitro groups is 1. The summed E-state index contributed by atoms with van der Waals surface area (Å²) < 4.78 is 24.3. The minimum Gasteiger partial charge on any atom is -0.481 e. The largest absolute Gasteiger partial charge is 0.481 e. The van der Waals surface area contributed by atoms with Crippen molar-refractivity contribution in [3.8, 4) is 5.75 Å². The van der Waals surface area contributed by atoms with Crippen molar-refractivity contribution in [2.75, 3.05) is 13.7 Å². The smallest absolute Gasteiger partial charge is 0.311 e. The Labute approximate surface area is 116 Å². The maximum Gasteiger partial charge on any atom is 0.311 e. The molecule has 3 atom stereocenters. The van der Waals surface area contributed by atoms with Gasteiger partial charge in [-0.2, -0.15) is 0 Å². The first-order valence-electron chi connectivity index (χ1n) is 6.46. The van der Waals surface area contributed by atoms with Crippen LogP contribution in [0.1, 0.15) is 13.3 Å². The van der Waals surface area contributed by atoms with Gasteiger partial charge in [0.25, 0.3) is 0 Å². The van der Waals surface area contributed by atoms with E-state index in [0.29, 0.717) is 13.0 Å². The molecular weight excluding hydrogens is 267 g/mol. The van der Waals surface area contributed by atoms with Crippen LogP contribution in [0.4, 0.5) is 10.1 Å². The summed E-state index contributed by atoms with van der Waals surface area (Å²) in [5.74, 6) is -0.623. The van der Waals surface area contributed by atoms with Crippen molar-refractivity contribution >= 4 is 5.69 Å². The van der Waals surface area contributed by atoms with Gasteiger partial charge in [0.05, 0.1) is 4.92 Å². The van der Waals surface area contributed by atoms with Gasteiger partial charge in [-0.3, -0.25) is 10.1 Å². The fourth-order valence-electron chi connectivity index (χ4n) is 2.29.